The summed E-state index contributed by atoms with van der Waals surface area (Å²) in [5.41, 5.74) is 0. The smallest absolute Gasteiger partial charge is 0.493 e. The zero-order valence-electron chi connectivity index (χ0n) is 21.8. The molecular formula is C27H38NO5PPdS+2. The maximum atomic E-state index is 12.0. The van der Waals surface area contributed by atoms with Crippen molar-refractivity contribution in [3.8, 4) is 11.5 Å². The van der Waals surface area contributed by atoms with Gasteiger partial charge in [0.2, 0.25) is 0 Å². The van der Waals surface area contributed by atoms with E-state index in [-0.39, 0.29) is 32.7 Å². The van der Waals surface area contributed by atoms with Gasteiger partial charge >= 0.3 is 20.4 Å². The predicted molar refractivity (Wildman–Crippen MR) is 149 cm³/mol. The Morgan fingerprint density at radius 3 is 1.58 bits per heavy atom. The van der Waals surface area contributed by atoms with E-state index in [9.17, 15) is 13.0 Å². The van der Waals surface area contributed by atoms with Crippen LogP contribution in [0.5, 0.6) is 11.5 Å². The molecule has 0 radical (unpaired) electrons. The van der Waals surface area contributed by atoms with E-state index in [0.29, 0.717) is 16.8 Å². The molecule has 36 heavy (non-hydrogen) atoms. The fraction of sp³-hybridized carbons (Fsp3) is 0.296. The minimum absolute atomic E-state index is 0. The van der Waals surface area contributed by atoms with Gasteiger partial charge in [-0.1, -0.05) is 49.7 Å². The van der Waals surface area contributed by atoms with Gasteiger partial charge < -0.3 is 21.8 Å². The molecule has 0 aliphatic carbocycles. The van der Waals surface area contributed by atoms with Gasteiger partial charge in [-0.25, -0.2) is 0 Å². The molecule has 9 heteroatoms. The molecule has 0 saturated heterocycles. The Bertz CT molecular complexity index is 1110. The summed E-state index contributed by atoms with van der Waals surface area (Å²) in [7, 11) is 1.12. The van der Waals surface area contributed by atoms with Crippen LogP contribution in [0.2, 0.25) is 0 Å². The Balaban J connectivity index is 0.00000120. The van der Waals surface area contributed by atoms with Crippen molar-refractivity contribution < 1.29 is 42.9 Å². The molecule has 0 heterocycles. The average molecular weight is 626 g/mol. The van der Waals surface area contributed by atoms with Crippen molar-refractivity contribution in [2.24, 2.45) is 0 Å². The standard InChI is InChI=1S/C20H19O5PS.C6H15N.CH3.Pd/c1-24-15-9-3-5-11-17(15)26(18-12-6-4-10-16(18)25-2)19-13-7-8-14-20(19)27(21,22)23;1-4-5-6-7(2)3;;/h3-14H,1-2H3,(H,21,22,23);4-6H2,1-3H3;1H3;/q;;-1;+2/p+1. The summed E-state index contributed by atoms with van der Waals surface area (Å²) in [6, 6.07) is 21.5. The molecular weight excluding hydrogens is 588 g/mol. The number of hydrogen-bond acceptors (Lipinski definition) is 5. The molecule has 6 nitrogen and oxygen atoms in total. The first kappa shape index (κ1) is 34.2. The van der Waals surface area contributed by atoms with Crippen LogP contribution in [0, 0.1) is 7.43 Å². The first-order chi connectivity index (χ1) is 16.2. The summed E-state index contributed by atoms with van der Waals surface area (Å²) < 4.78 is 45.0. The number of nitrogens with zero attached hydrogens (tertiary/aromatic N) is 1. The maximum Gasteiger partial charge on any atom is 2.00 e. The third-order valence-electron chi connectivity index (χ3n) is 5.15. The number of methoxy groups -OCH3 is 2. The Kier molecular flexibility index (Phi) is 16.0. The van der Waals surface area contributed by atoms with Gasteiger partial charge in [0.05, 0.1) is 14.2 Å². The molecule has 0 atom stereocenters. The number of para-hydroxylation sites is 2. The molecule has 3 aromatic rings. The number of unbranched alkanes of at least 4 members (excludes halogenated alkanes) is 1. The summed E-state index contributed by atoms with van der Waals surface area (Å²) >= 11 is 0. The van der Waals surface area contributed by atoms with E-state index < -0.39 is 18.0 Å². The summed E-state index contributed by atoms with van der Waals surface area (Å²) in [5.74, 6) is 1.31. The molecule has 0 amide bonds. The molecule has 0 aromatic heterocycles. The predicted octanol–water partition coefficient (Wildman–Crippen LogP) is 4.24. The quantitative estimate of drug-likeness (QED) is 0.166. The topological polar surface area (TPSA) is 76.1 Å². The minimum Gasteiger partial charge on any atom is -0.493 e. The van der Waals surface area contributed by atoms with Gasteiger partial charge in [-0.15, -0.1) is 0 Å². The van der Waals surface area contributed by atoms with Crippen LogP contribution in [0.25, 0.3) is 0 Å². The number of ether oxygens (including phenoxy) is 2. The largest absolute Gasteiger partial charge is 2.00 e. The van der Waals surface area contributed by atoms with Gasteiger partial charge in [0.1, 0.15) is 28.7 Å². The SMILES string of the molecule is CCCCN(C)C.COc1ccccc1[PH+](c1ccccc1OC)c1ccccc1S(=O)(=O)O.[CH3-].[Pd+2]. The van der Waals surface area contributed by atoms with Crippen molar-refractivity contribution in [1.29, 1.82) is 0 Å². The van der Waals surface area contributed by atoms with E-state index in [0.717, 1.165) is 10.6 Å². The minimum atomic E-state index is -4.39. The molecule has 1 N–H and O–H groups in total. The van der Waals surface area contributed by atoms with Crippen molar-refractivity contribution in [3.05, 3.63) is 80.2 Å². The second-order valence-electron chi connectivity index (χ2n) is 7.90. The zero-order valence-corrected chi connectivity index (χ0v) is 25.2. The molecule has 0 aliphatic rings. The first-order valence-corrected chi connectivity index (χ1v) is 14.0. The molecule has 0 unspecified atom stereocenters. The van der Waals surface area contributed by atoms with Gasteiger partial charge in [0, 0.05) is 0 Å². The third-order valence-corrected chi connectivity index (χ3v) is 9.12. The van der Waals surface area contributed by atoms with Gasteiger partial charge in [-0.2, -0.15) is 8.42 Å². The summed E-state index contributed by atoms with van der Waals surface area (Å²) in [5, 5.41) is 2.27. The number of benzene rings is 3. The maximum absolute atomic E-state index is 12.0. The van der Waals surface area contributed by atoms with Crippen LogP contribution in [-0.2, 0) is 30.5 Å². The third kappa shape index (κ3) is 9.59. The zero-order chi connectivity index (χ0) is 25.1. The molecule has 3 aromatic carbocycles. The normalized spacial score (nSPS) is 10.6. The summed E-state index contributed by atoms with van der Waals surface area (Å²) in [4.78, 5) is 2.11. The molecule has 200 valence electrons. The van der Waals surface area contributed by atoms with Crippen LogP contribution in [0.4, 0.5) is 0 Å². The van der Waals surface area contributed by atoms with E-state index in [1.807, 2.05) is 48.5 Å². The first-order valence-electron chi connectivity index (χ1n) is 11.1. The van der Waals surface area contributed by atoms with Crippen LogP contribution in [0.3, 0.4) is 0 Å². The van der Waals surface area contributed by atoms with Gasteiger partial charge in [0.15, 0.2) is 11.5 Å². The van der Waals surface area contributed by atoms with Crippen molar-refractivity contribution in [3.63, 3.8) is 0 Å². The van der Waals surface area contributed by atoms with Crippen LogP contribution in [-0.4, -0.2) is 52.7 Å². The molecule has 0 bridgehead atoms. The van der Waals surface area contributed by atoms with Crippen molar-refractivity contribution in [2.45, 2.75) is 24.7 Å². The fourth-order valence-corrected chi connectivity index (χ4v) is 7.65. The molecule has 0 saturated carbocycles. The summed E-state index contributed by atoms with van der Waals surface area (Å²) in [6.45, 7) is 3.44. The van der Waals surface area contributed by atoms with Crippen molar-refractivity contribution in [2.75, 3.05) is 34.9 Å². The number of rotatable bonds is 9. The van der Waals surface area contributed by atoms with Crippen molar-refractivity contribution in [1.82, 2.24) is 4.90 Å². The fourth-order valence-electron chi connectivity index (χ4n) is 3.51. The van der Waals surface area contributed by atoms with Crippen LogP contribution >= 0.6 is 7.92 Å². The molecule has 3 rings (SSSR count). The Labute approximate surface area is 232 Å². The van der Waals surface area contributed by atoms with Gasteiger partial charge in [0.25, 0.3) is 10.1 Å². The Hall–Kier alpha value is -1.78. The van der Waals surface area contributed by atoms with E-state index in [1.165, 1.54) is 25.5 Å². The van der Waals surface area contributed by atoms with Crippen molar-refractivity contribution >= 4 is 34.0 Å². The number of hydrogen-bond donors (Lipinski definition) is 1. The van der Waals surface area contributed by atoms with E-state index >= 15 is 0 Å². The van der Waals surface area contributed by atoms with Crippen LogP contribution < -0.4 is 25.4 Å². The molecule has 0 spiro atoms. The van der Waals surface area contributed by atoms with E-state index in [2.05, 4.69) is 25.9 Å². The Morgan fingerprint density at radius 1 is 0.806 bits per heavy atom. The van der Waals surface area contributed by atoms with Crippen LogP contribution in [0.15, 0.2) is 77.7 Å². The monoisotopic (exact) mass is 625 g/mol. The average Bonchev–Trinajstić information content (AvgIpc) is 2.83. The van der Waals surface area contributed by atoms with E-state index in [4.69, 9.17) is 9.47 Å². The second-order valence-corrected chi connectivity index (χ2v) is 11.7. The Morgan fingerprint density at radius 2 is 1.22 bits per heavy atom. The summed E-state index contributed by atoms with van der Waals surface area (Å²) in [6.07, 6.45) is 2.63. The molecule has 0 aliphatic heterocycles. The second kappa shape index (κ2) is 16.9. The van der Waals surface area contributed by atoms with Gasteiger partial charge in [-0.3, -0.25) is 4.55 Å². The van der Waals surface area contributed by atoms with Crippen LogP contribution in [0.1, 0.15) is 19.8 Å². The van der Waals surface area contributed by atoms with Gasteiger partial charge in [-0.05, 0) is 63.5 Å². The van der Waals surface area contributed by atoms with E-state index in [1.54, 1.807) is 32.4 Å². The molecule has 0 fully saturated rings.